The van der Waals surface area contributed by atoms with Gasteiger partial charge in [0.2, 0.25) is 17.5 Å². The van der Waals surface area contributed by atoms with Gasteiger partial charge in [0, 0.05) is 19.4 Å². The average molecular weight is 458 g/mol. The van der Waals surface area contributed by atoms with Crippen molar-refractivity contribution in [3.63, 3.8) is 0 Å². The molecule has 1 aromatic carbocycles. The number of H-pyrrole nitrogens is 1. The first-order valence-corrected chi connectivity index (χ1v) is 10.2. The minimum absolute atomic E-state index is 0.0182. The van der Waals surface area contributed by atoms with Crippen molar-refractivity contribution >= 4 is 11.6 Å². The highest BCUT2D eigenvalue weighted by Crippen LogP contribution is 2.43. The first-order valence-electron chi connectivity index (χ1n) is 10.2. The second kappa shape index (κ2) is 9.63. The van der Waals surface area contributed by atoms with Crippen LogP contribution in [0.1, 0.15) is 36.9 Å². The number of carbonyl (C=O) groups excluding carboxylic acids is 1. The van der Waals surface area contributed by atoms with E-state index in [9.17, 15) is 19.5 Å². The maximum Gasteiger partial charge on any atom is 0.331 e. The minimum Gasteiger partial charge on any atom is -0.494 e. The highest BCUT2D eigenvalue weighted by molar-refractivity contribution is 6.04. The number of aromatic hydroxyl groups is 1. The molecule has 0 bridgehead atoms. The molecule has 0 spiro atoms. The molecule has 1 amide bonds. The van der Waals surface area contributed by atoms with E-state index in [1.807, 2.05) is 0 Å². The maximum atomic E-state index is 12.7. The van der Waals surface area contributed by atoms with E-state index in [0.29, 0.717) is 22.8 Å². The molecule has 1 aliphatic rings. The summed E-state index contributed by atoms with van der Waals surface area (Å²) >= 11 is 0. The fourth-order valence-electron chi connectivity index (χ4n) is 3.73. The highest BCUT2D eigenvalue weighted by atomic mass is 16.5. The molecule has 33 heavy (non-hydrogen) atoms. The number of hydrazone groups is 1. The van der Waals surface area contributed by atoms with Crippen molar-refractivity contribution < 1.29 is 24.1 Å². The molecule has 0 radical (unpaired) electrons. The fourth-order valence-corrected chi connectivity index (χ4v) is 3.73. The Kier molecular flexibility index (Phi) is 6.90. The number of aromatic nitrogens is 2. The topological polar surface area (TPSA) is 135 Å². The van der Waals surface area contributed by atoms with Crippen LogP contribution in [-0.4, -0.2) is 52.6 Å². The number of nitrogens with one attached hydrogen (secondary N) is 1. The molecule has 1 unspecified atom stereocenters. The first kappa shape index (κ1) is 23.6. The SMILES string of the molecule is C=CCn1c(O)c(C2=NN(C(=O)CC)C(c3cc(OC)c(OC)c(OC)c3)C2)c(=O)[nH]c1=O. The first-order chi connectivity index (χ1) is 15.8. The lowest BCUT2D eigenvalue weighted by Crippen LogP contribution is -2.33. The molecular weight excluding hydrogens is 432 g/mol. The largest absolute Gasteiger partial charge is 0.494 e. The smallest absolute Gasteiger partial charge is 0.331 e. The van der Waals surface area contributed by atoms with Crippen LogP contribution in [0.2, 0.25) is 0 Å². The van der Waals surface area contributed by atoms with Crippen LogP contribution in [0.5, 0.6) is 23.1 Å². The summed E-state index contributed by atoms with van der Waals surface area (Å²) in [6, 6.07) is 2.78. The predicted molar refractivity (Wildman–Crippen MR) is 120 cm³/mol. The number of aromatic amines is 1. The number of hydrogen-bond acceptors (Lipinski definition) is 8. The number of rotatable bonds is 8. The molecule has 2 heterocycles. The molecule has 3 rings (SSSR count). The number of amides is 1. The number of carbonyl (C=O) groups is 1. The summed E-state index contributed by atoms with van der Waals surface area (Å²) < 4.78 is 17.2. The molecule has 1 atom stereocenters. The van der Waals surface area contributed by atoms with Crippen molar-refractivity contribution in [3.05, 3.63) is 56.8 Å². The molecule has 0 fully saturated rings. The molecule has 176 valence electrons. The molecule has 0 saturated carbocycles. The van der Waals surface area contributed by atoms with Gasteiger partial charge < -0.3 is 19.3 Å². The molecule has 2 aromatic rings. The molecular formula is C22H26N4O7. The van der Waals surface area contributed by atoms with E-state index in [-0.39, 0.29) is 36.6 Å². The van der Waals surface area contributed by atoms with E-state index in [2.05, 4.69) is 16.7 Å². The Morgan fingerprint density at radius 3 is 2.39 bits per heavy atom. The Morgan fingerprint density at radius 1 is 1.24 bits per heavy atom. The van der Waals surface area contributed by atoms with Crippen molar-refractivity contribution in [1.82, 2.24) is 14.6 Å². The van der Waals surface area contributed by atoms with Gasteiger partial charge in [0.15, 0.2) is 11.5 Å². The van der Waals surface area contributed by atoms with E-state index in [1.165, 1.54) is 32.4 Å². The van der Waals surface area contributed by atoms with Crippen molar-refractivity contribution in [2.75, 3.05) is 21.3 Å². The normalized spacial score (nSPS) is 15.2. The highest BCUT2D eigenvalue weighted by Gasteiger charge is 2.36. The Bertz CT molecular complexity index is 1200. The van der Waals surface area contributed by atoms with Gasteiger partial charge in [-0.3, -0.25) is 19.1 Å². The zero-order valence-corrected chi connectivity index (χ0v) is 18.9. The molecule has 11 nitrogen and oxygen atoms in total. The van der Waals surface area contributed by atoms with E-state index in [4.69, 9.17) is 14.2 Å². The van der Waals surface area contributed by atoms with Gasteiger partial charge in [-0.2, -0.15) is 5.10 Å². The standard InChI is InChI=1S/C22H26N4O7/c1-6-8-25-21(29)18(20(28)23-22(25)30)13-11-14(26(24-13)17(27)7-2)12-9-15(31-3)19(33-5)16(10-12)32-4/h6,9-10,14,29H,1,7-8,11H2,2-5H3,(H,23,28,30). The van der Waals surface area contributed by atoms with Gasteiger partial charge >= 0.3 is 5.69 Å². The third kappa shape index (κ3) is 4.21. The van der Waals surface area contributed by atoms with Crippen LogP contribution in [0.3, 0.4) is 0 Å². The summed E-state index contributed by atoms with van der Waals surface area (Å²) in [5, 5.41) is 16.3. The summed E-state index contributed by atoms with van der Waals surface area (Å²) in [6.45, 7) is 5.23. The molecule has 1 aromatic heterocycles. The summed E-state index contributed by atoms with van der Waals surface area (Å²) in [7, 11) is 4.44. The predicted octanol–water partition coefficient (Wildman–Crippen LogP) is 1.54. The van der Waals surface area contributed by atoms with Crippen molar-refractivity contribution in [1.29, 1.82) is 0 Å². The Morgan fingerprint density at radius 2 is 1.88 bits per heavy atom. The molecule has 0 saturated heterocycles. The van der Waals surface area contributed by atoms with Crippen LogP contribution < -0.4 is 25.5 Å². The summed E-state index contributed by atoms with van der Waals surface area (Å²) in [4.78, 5) is 39.6. The van der Waals surface area contributed by atoms with Crippen LogP contribution in [-0.2, 0) is 11.3 Å². The molecule has 2 N–H and O–H groups in total. The van der Waals surface area contributed by atoms with Crippen molar-refractivity contribution in [2.24, 2.45) is 5.10 Å². The van der Waals surface area contributed by atoms with Crippen molar-refractivity contribution in [2.45, 2.75) is 32.4 Å². The second-order valence-electron chi connectivity index (χ2n) is 7.17. The lowest BCUT2D eigenvalue weighted by molar-refractivity contribution is -0.132. The van der Waals surface area contributed by atoms with Gasteiger partial charge in [-0.05, 0) is 17.7 Å². The van der Waals surface area contributed by atoms with Gasteiger partial charge in [-0.1, -0.05) is 13.0 Å². The fraction of sp³-hybridized carbons (Fsp3) is 0.364. The van der Waals surface area contributed by atoms with Crippen molar-refractivity contribution in [3.8, 4) is 23.1 Å². The quantitative estimate of drug-likeness (QED) is 0.573. The summed E-state index contributed by atoms with van der Waals surface area (Å²) in [5.41, 5.74) is -0.971. The van der Waals surface area contributed by atoms with E-state index in [0.717, 1.165) is 4.57 Å². The molecule has 11 heteroatoms. The number of hydrogen-bond donors (Lipinski definition) is 2. The Balaban J connectivity index is 2.16. The summed E-state index contributed by atoms with van der Waals surface area (Å²) in [6.07, 6.45) is 1.68. The lowest BCUT2D eigenvalue weighted by Gasteiger charge is -2.23. The van der Waals surface area contributed by atoms with Gasteiger partial charge in [0.1, 0.15) is 5.56 Å². The summed E-state index contributed by atoms with van der Waals surface area (Å²) in [5.74, 6) is 0.339. The van der Waals surface area contributed by atoms with Crippen LogP contribution in [0.4, 0.5) is 0 Å². The average Bonchev–Trinajstić information content (AvgIpc) is 3.24. The minimum atomic E-state index is -0.800. The molecule has 0 aliphatic carbocycles. The van der Waals surface area contributed by atoms with Gasteiger partial charge in [0.05, 0.1) is 33.1 Å². The number of benzene rings is 1. The lowest BCUT2D eigenvalue weighted by atomic mass is 9.98. The number of allylic oxidation sites excluding steroid dienone is 1. The van der Waals surface area contributed by atoms with Crippen LogP contribution >= 0.6 is 0 Å². The zero-order chi connectivity index (χ0) is 24.3. The third-order valence-corrected chi connectivity index (χ3v) is 5.31. The Hall–Kier alpha value is -4.02. The van der Waals surface area contributed by atoms with Gasteiger partial charge in [0.25, 0.3) is 5.56 Å². The van der Waals surface area contributed by atoms with E-state index in [1.54, 1.807) is 19.1 Å². The second-order valence-corrected chi connectivity index (χ2v) is 7.17. The maximum absolute atomic E-state index is 12.7. The number of nitrogens with zero attached hydrogens (tertiary/aromatic N) is 3. The van der Waals surface area contributed by atoms with E-state index < -0.39 is 23.2 Å². The van der Waals surface area contributed by atoms with Crippen LogP contribution in [0.25, 0.3) is 0 Å². The number of methoxy groups -OCH3 is 3. The van der Waals surface area contributed by atoms with Gasteiger partial charge in [-0.25, -0.2) is 9.80 Å². The third-order valence-electron chi connectivity index (χ3n) is 5.31. The molecule has 1 aliphatic heterocycles. The van der Waals surface area contributed by atoms with E-state index >= 15 is 0 Å². The van der Waals surface area contributed by atoms with Gasteiger partial charge in [-0.15, -0.1) is 6.58 Å². The Labute approximate surface area is 189 Å². The zero-order valence-electron chi connectivity index (χ0n) is 18.9. The van der Waals surface area contributed by atoms with Crippen LogP contribution in [0, 0.1) is 0 Å². The monoisotopic (exact) mass is 458 g/mol. The van der Waals surface area contributed by atoms with Crippen LogP contribution in [0.15, 0.2) is 39.5 Å². The number of ether oxygens (including phenoxy) is 3.